The third-order valence-electron chi connectivity index (χ3n) is 2.44. The lowest BCUT2D eigenvalue weighted by Crippen LogP contribution is -2.10. The zero-order valence-corrected chi connectivity index (χ0v) is 9.44. The number of aromatic nitrogens is 3. The number of rotatable bonds is 6. The van der Waals surface area contributed by atoms with Gasteiger partial charge in [0.2, 0.25) is 11.9 Å². The summed E-state index contributed by atoms with van der Waals surface area (Å²) in [5, 5.41) is 3.13. The van der Waals surface area contributed by atoms with E-state index in [1.54, 1.807) is 0 Å². The zero-order valence-electron chi connectivity index (χ0n) is 9.44. The molecule has 6 nitrogen and oxygen atoms in total. The SMILES string of the molecule is CCOc1nc(N)nc(NCCC2CC2)n1. The van der Waals surface area contributed by atoms with Gasteiger partial charge in [0, 0.05) is 6.54 Å². The zero-order chi connectivity index (χ0) is 11.4. The molecule has 88 valence electrons. The maximum absolute atomic E-state index is 5.55. The Morgan fingerprint density at radius 2 is 2.19 bits per heavy atom. The van der Waals surface area contributed by atoms with Crippen LogP contribution in [0, 0.1) is 5.92 Å². The van der Waals surface area contributed by atoms with Crippen molar-refractivity contribution < 1.29 is 4.74 Å². The number of hydrogen-bond donors (Lipinski definition) is 2. The van der Waals surface area contributed by atoms with Crippen LogP contribution in [-0.2, 0) is 0 Å². The molecule has 0 radical (unpaired) electrons. The molecule has 0 aliphatic heterocycles. The normalized spacial score (nSPS) is 14.8. The lowest BCUT2D eigenvalue weighted by Gasteiger charge is -2.06. The molecule has 1 aliphatic carbocycles. The number of anilines is 2. The fourth-order valence-corrected chi connectivity index (χ4v) is 1.44. The number of nitrogens with one attached hydrogen (secondary N) is 1. The van der Waals surface area contributed by atoms with Gasteiger partial charge in [-0.3, -0.25) is 0 Å². The standard InChI is InChI=1S/C10H17N5O/c1-2-16-10-14-8(11)13-9(15-10)12-6-5-7-3-4-7/h7H,2-6H2,1H3,(H3,11,12,13,14,15). The van der Waals surface area contributed by atoms with Gasteiger partial charge in [0.25, 0.3) is 0 Å². The van der Waals surface area contributed by atoms with E-state index in [0.717, 1.165) is 18.9 Å². The van der Waals surface area contributed by atoms with Gasteiger partial charge in [-0.25, -0.2) is 0 Å². The average Bonchev–Trinajstić information content (AvgIpc) is 3.01. The summed E-state index contributed by atoms with van der Waals surface area (Å²) in [6, 6.07) is 0.281. The van der Waals surface area contributed by atoms with Gasteiger partial charge in [-0.15, -0.1) is 0 Å². The van der Waals surface area contributed by atoms with E-state index >= 15 is 0 Å². The first-order chi connectivity index (χ1) is 7.78. The summed E-state index contributed by atoms with van der Waals surface area (Å²) in [4.78, 5) is 12.0. The number of nitrogens with two attached hydrogens (primary N) is 1. The Bertz CT molecular complexity index is 353. The maximum Gasteiger partial charge on any atom is 0.323 e. The van der Waals surface area contributed by atoms with E-state index in [1.165, 1.54) is 12.8 Å². The van der Waals surface area contributed by atoms with Gasteiger partial charge in [0.15, 0.2) is 0 Å². The summed E-state index contributed by atoms with van der Waals surface area (Å²) in [6.45, 7) is 3.27. The highest BCUT2D eigenvalue weighted by Gasteiger charge is 2.20. The van der Waals surface area contributed by atoms with Crippen LogP contribution in [0.4, 0.5) is 11.9 Å². The van der Waals surface area contributed by atoms with Crippen LogP contribution in [0.3, 0.4) is 0 Å². The van der Waals surface area contributed by atoms with Gasteiger partial charge in [-0.05, 0) is 19.3 Å². The number of nitrogen functional groups attached to an aromatic ring is 1. The van der Waals surface area contributed by atoms with Crippen molar-refractivity contribution in [1.29, 1.82) is 0 Å². The molecule has 3 N–H and O–H groups in total. The summed E-state index contributed by atoms with van der Waals surface area (Å²) in [5.74, 6) is 1.57. The topological polar surface area (TPSA) is 86.0 Å². The molecular formula is C10H17N5O. The average molecular weight is 223 g/mol. The molecular weight excluding hydrogens is 206 g/mol. The second-order valence-electron chi connectivity index (χ2n) is 3.89. The highest BCUT2D eigenvalue weighted by molar-refractivity contribution is 5.32. The maximum atomic E-state index is 5.55. The lowest BCUT2D eigenvalue weighted by molar-refractivity contribution is 0.312. The molecule has 2 rings (SSSR count). The Hall–Kier alpha value is -1.59. The molecule has 1 aliphatic rings. The van der Waals surface area contributed by atoms with Gasteiger partial charge in [0.1, 0.15) is 0 Å². The first-order valence-corrected chi connectivity index (χ1v) is 5.66. The molecule has 0 spiro atoms. The summed E-state index contributed by atoms with van der Waals surface area (Å²) in [7, 11) is 0. The fraction of sp³-hybridized carbons (Fsp3) is 0.700. The summed E-state index contributed by atoms with van der Waals surface area (Å²) >= 11 is 0. The molecule has 0 unspecified atom stereocenters. The van der Waals surface area contributed by atoms with Gasteiger partial charge >= 0.3 is 6.01 Å². The molecule has 1 saturated carbocycles. The number of nitrogens with zero attached hydrogens (tertiary/aromatic N) is 3. The van der Waals surface area contributed by atoms with Crippen molar-refractivity contribution in [3.8, 4) is 6.01 Å². The van der Waals surface area contributed by atoms with Crippen molar-refractivity contribution in [2.75, 3.05) is 24.2 Å². The highest BCUT2D eigenvalue weighted by Crippen LogP contribution is 2.31. The predicted molar refractivity (Wildman–Crippen MR) is 61.2 cm³/mol. The largest absolute Gasteiger partial charge is 0.464 e. The van der Waals surface area contributed by atoms with Crippen LogP contribution in [0.1, 0.15) is 26.2 Å². The van der Waals surface area contributed by atoms with Gasteiger partial charge in [-0.1, -0.05) is 12.8 Å². The van der Waals surface area contributed by atoms with Crippen LogP contribution in [0.2, 0.25) is 0 Å². The van der Waals surface area contributed by atoms with Crippen molar-refractivity contribution in [3.05, 3.63) is 0 Å². The molecule has 1 aromatic heterocycles. The number of hydrogen-bond acceptors (Lipinski definition) is 6. The Morgan fingerprint density at radius 3 is 2.88 bits per heavy atom. The first kappa shape index (κ1) is 10.9. The highest BCUT2D eigenvalue weighted by atomic mass is 16.5. The second-order valence-corrected chi connectivity index (χ2v) is 3.89. The Balaban J connectivity index is 1.90. The van der Waals surface area contributed by atoms with Crippen LogP contribution in [0.15, 0.2) is 0 Å². The second kappa shape index (κ2) is 4.96. The van der Waals surface area contributed by atoms with E-state index < -0.39 is 0 Å². The minimum atomic E-state index is 0.187. The first-order valence-electron chi connectivity index (χ1n) is 5.66. The molecule has 0 atom stereocenters. The molecule has 0 amide bonds. The third kappa shape index (κ3) is 3.22. The van der Waals surface area contributed by atoms with Gasteiger partial charge in [-0.2, -0.15) is 15.0 Å². The monoisotopic (exact) mass is 223 g/mol. The molecule has 0 aromatic carbocycles. The van der Waals surface area contributed by atoms with Crippen molar-refractivity contribution in [2.24, 2.45) is 5.92 Å². The van der Waals surface area contributed by atoms with E-state index in [2.05, 4.69) is 20.3 Å². The summed E-state index contributed by atoms with van der Waals surface area (Å²) in [6.07, 6.45) is 3.87. The van der Waals surface area contributed by atoms with Gasteiger partial charge < -0.3 is 15.8 Å². The summed E-state index contributed by atoms with van der Waals surface area (Å²) < 4.78 is 5.18. The fourth-order valence-electron chi connectivity index (χ4n) is 1.44. The van der Waals surface area contributed by atoms with E-state index in [-0.39, 0.29) is 12.0 Å². The van der Waals surface area contributed by atoms with Crippen LogP contribution in [0.25, 0.3) is 0 Å². The van der Waals surface area contributed by atoms with Crippen LogP contribution in [0.5, 0.6) is 6.01 Å². The van der Waals surface area contributed by atoms with Crippen LogP contribution < -0.4 is 15.8 Å². The van der Waals surface area contributed by atoms with Crippen LogP contribution >= 0.6 is 0 Å². The third-order valence-corrected chi connectivity index (χ3v) is 2.44. The Kier molecular flexibility index (Phi) is 3.38. The lowest BCUT2D eigenvalue weighted by atomic mass is 10.3. The van der Waals surface area contributed by atoms with E-state index in [4.69, 9.17) is 10.5 Å². The Morgan fingerprint density at radius 1 is 1.38 bits per heavy atom. The molecule has 1 heterocycles. The molecule has 1 fully saturated rings. The van der Waals surface area contributed by atoms with Gasteiger partial charge in [0.05, 0.1) is 6.61 Å². The van der Waals surface area contributed by atoms with E-state index in [9.17, 15) is 0 Å². The quantitative estimate of drug-likeness (QED) is 0.750. The van der Waals surface area contributed by atoms with Crippen molar-refractivity contribution >= 4 is 11.9 Å². The van der Waals surface area contributed by atoms with Crippen molar-refractivity contribution in [2.45, 2.75) is 26.2 Å². The van der Waals surface area contributed by atoms with E-state index in [0.29, 0.717) is 12.6 Å². The molecule has 0 bridgehead atoms. The van der Waals surface area contributed by atoms with Crippen molar-refractivity contribution in [3.63, 3.8) is 0 Å². The summed E-state index contributed by atoms with van der Waals surface area (Å²) in [5.41, 5.74) is 5.55. The Labute approximate surface area is 94.6 Å². The van der Waals surface area contributed by atoms with Crippen LogP contribution in [-0.4, -0.2) is 28.1 Å². The minimum absolute atomic E-state index is 0.187. The molecule has 16 heavy (non-hydrogen) atoms. The predicted octanol–water partition coefficient (Wildman–Crippen LogP) is 1.06. The minimum Gasteiger partial charge on any atom is -0.464 e. The molecule has 6 heteroatoms. The molecule has 1 aromatic rings. The van der Waals surface area contributed by atoms with Crippen molar-refractivity contribution in [1.82, 2.24) is 15.0 Å². The molecule has 0 saturated heterocycles. The smallest absolute Gasteiger partial charge is 0.323 e. The number of ether oxygens (including phenoxy) is 1. The van der Waals surface area contributed by atoms with E-state index in [1.807, 2.05) is 6.92 Å².